The van der Waals surface area contributed by atoms with E-state index in [1.807, 2.05) is 13.8 Å². The largest absolute Gasteiger partial charge is 0.304 e. The highest BCUT2D eigenvalue weighted by molar-refractivity contribution is 4.67. The highest BCUT2D eigenvalue weighted by Crippen LogP contribution is 1.98. The van der Waals surface area contributed by atoms with Crippen molar-refractivity contribution in [3.05, 3.63) is 0 Å². The third-order valence-electron chi connectivity index (χ3n) is 2.14. The first-order valence-electron chi connectivity index (χ1n) is 6.65. The van der Waals surface area contributed by atoms with Crippen molar-refractivity contribution in [2.45, 2.75) is 47.5 Å². The van der Waals surface area contributed by atoms with Crippen molar-refractivity contribution in [1.29, 1.82) is 0 Å². The van der Waals surface area contributed by atoms with Crippen molar-refractivity contribution >= 4 is 0 Å². The van der Waals surface area contributed by atoms with Crippen LogP contribution >= 0.6 is 0 Å². The maximum Gasteiger partial charge on any atom is 0.0110 e. The number of hydrogen-bond acceptors (Lipinski definition) is 2. The first-order chi connectivity index (χ1) is 7.24. The molecule has 1 aliphatic rings. The van der Waals surface area contributed by atoms with Gasteiger partial charge in [-0.2, -0.15) is 0 Å². The van der Waals surface area contributed by atoms with E-state index >= 15 is 0 Å². The van der Waals surface area contributed by atoms with Gasteiger partial charge in [0.25, 0.3) is 0 Å². The SMILES string of the molecule is CC.CCC.CCCN1CCN(C)CC1. The zero-order valence-electron chi connectivity index (χ0n) is 11.8. The van der Waals surface area contributed by atoms with Gasteiger partial charge in [0.1, 0.15) is 0 Å². The molecule has 0 atom stereocenters. The number of hydrogen-bond donors (Lipinski definition) is 0. The lowest BCUT2D eigenvalue weighted by atomic mass is 10.3. The smallest absolute Gasteiger partial charge is 0.0110 e. The predicted octanol–water partition coefficient (Wildman–Crippen LogP) is 3.09. The maximum absolute atomic E-state index is 2.54. The van der Waals surface area contributed by atoms with Crippen molar-refractivity contribution in [1.82, 2.24) is 9.80 Å². The Bertz CT molecular complexity index is 96.7. The average Bonchev–Trinajstić information content (AvgIpc) is 2.26. The van der Waals surface area contributed by atoms with Crippen LogP contribution in [0.3, 0.4) is 0 Å². The second-order valence-electron chi connectivity index (χ2n) is 3.85. The monoisotopic (exact) mass is 216 g/mol. The normalized spacial score (nSPS) is 17.2. The molecule has 1 aliphatic heterocycles. The van der Waals surface area contributed by atoms with Gasteiger partial charge in [-0.15, -0.1) is 0 Å². The van der Waals surface area contributed by atoms with Crippen LogP contribution in [0.4, 0.5) is 0 Å². The lowest BCUT2D eigenvalue weighted by Gasteiger charge is -2.31. The predicted molar refractivity (Wildman–Crippen MR) is 71.5 cm³/mol. The maximum atomic E-state index is 2.54. The molecule has 0 radical (unpaired) electrons. The van der Waals surface area contributed by atoms with E-state index in [0.29, 0.717) is 0 Å². The van der Waals surface area contributed by atoms with E-state index in [4.69, 9.17) is 0 Å². The van der Waals surface area contributed by atoms with Gasteiger partial charge in [0.15, 0.2) is 0 Å². The summed E-state index contributed by atoms with van der Waals surface area (Å²) in [4.78, 5) is 4.94. The summed E-state index contributed by atoms with van der Waals surface area (Å²) in [6, 6.07) is 0. The summed E-state index contributed by atoms with van der Waals surface area (Å²) < 4.78 is 0. The van der Waals surface area contributed by atoms with Gasteiger partial charge >= 0.3 is 0 Å². The van der Waals surface area contributed by atoms with Crippen LogP contribution in [0.2, 0.25) is 0 Å². The highest BCUT2D eigenvalue weighted by Gasteiger charge is 2.11. The van der Waals surface area contributed by atoms with Gasteiger partial charge in [-0.1, -0.05) is 41.0 Å². The topological polar surface area (TPSA) is 6.48 Å². The van der Waals surface area contributed by atoms with Crippen LogP contribution in [0.1, 0.15) is 47.5 Å². The summed E-state index contributed by atoms with van der Waals surface area (Å²) in [5, 5.41) is 0. The van der Waals surface area contributed by atoms with Gasteiger partial charge < -0.3 is 9.80 Å². The van der Waals surface area contributed by atoms with Crippen molar-refractivity contribution in [2.75, 3.05) is 39.8 Å². The molecule has 0 spiro atoms. The fourth-order valence-electron chi connectivity index (χ4n) is 1.39. The molecule has 0 N–H and O–H groups in total. The molecule has 1 saturated heterocycles. The zero-order chi connectivity index (χ0) is 12.1. The summed E-state index contributed by atoms with van der Waals surface area (Å²) in [6.45, 7) is 16.8. The number of nitrogens with zero attached hydrogens (tertiary/aromatic N) is 2. The Morgan fingerprint density at radius 2 is 1.27 bits per heavy atom. The van der Waals surface area contributed by atoms with Crippen LogP contribution in [-0.4, -0.2) is 49.6 Å². The second kappa shape index (κ2) is 13.9. The van der Waals surface area contributed by atoms with Gasteiger partial charge in [0.2, 0.25) is 0 Å². The van der Waals surface area contributed by atoms with Crippen molar-refractivity contribution in [2.24, 2.45) is 0 Å². The molecule has 0 amide bonds. The van der Waals surface area contributed by atoms with E-state index in [1.54, 1.807) is 0 Å². The first-order valence-corrected chi connectivity index (χ1v) is 6.65. The number of piperazine rings is 1. The second-order valence-corrected chi connectivity index (χ2v) is 3.85. The van der Waals surface area contributed by atoms with E-state index < -0.39 is 0 Å². The molecular weight excluding hydrogens is 184 g/mol. The summed E-state index contributed by atoms with van der Waals surface area (Å²) in [5.74, 6) is 0. The molecule has 1 heterocycles. The van der Waals surface area contributed by atoms with Gasteiger partial charge in [-0.05, 0) is 20.0 Å². The Hall–Kier alpha value is -0.0800. The van der Waals surface area contributed by atoms with Crippen LogP contribution in [0, 0.1) is 0 Å². The summed E-state index contributed by atoms with van der Waals surface area (Å²) in [6.07, 6.45) is 2.55. The summed E-state index contributed by atoms with van der Waals surface area (Å²) in [5.41, 5.74) is 0. The third kappa shape index (κ3) is 11.8. The van der Waals surface area contributed by atoms with Crippen molar-refractivity contribution in [3.63, 3.8) is 0 Å². The van der Waals surface area contributed by atoms with Crippen LogP contribution in [-0.2, 0) is 0 Å². The van der Waals surface area contributed by atoms with Crippen LogP contribution in [0.5, 0.6) is 0 Å². The minimum Gasteiger partial charge on any atom is -0.304 e. The van der Waals surface area contributed by atoms with E-state index in [-0.39, 0.29) is 0 Å². The Kier molecular flexibility index (Phi) is 16.1. The van der Waals surface area contributed by atoms with Gasteiger partial charge in [0.05, 0.1) is 0 Å². The molecule has 15 heavy (non-hydrogen) atoms. The Balaban J connectivity index is 0. The van der Waals surface area contributed by atoms with Crippen molar-refractivity contribution < 1.29 is 0 Å². The van der Waals surface area contributed by atoms with Crippen LogP contribution < -0.4 is 0 Å². The molecule has 0 aliphatic carbocycles. The molecule has 1 fully saturated rings. The quantitative estimate of drug-likeness (QED) is 0.700. The minimum atomic E-state index is 1.25. The summed E-state index contributed by atoms with van der Waals surface area (Å²) in [7, 11) is 2.20. The summed E-state index contributed by atoms with van der Waals surface area (Å²) >= 11 is 0. The van der Waals surface area contributed by atoms with Crippen LogP contribution in [0.15, 0.2) is 0 Å². The van der Waals surface area contributed by atoms with E-state index in [2.05, 4.69) is 37.6 Å². The molecule has 2 nitrogen and oxygen atoms in total. The minimum absolute atomic E-state index is 1.25. The van der Waals surface area contributed by atoms with E-state index in [1.165, 1.54) is 45.6 Å². The molecule has 94 valence electrons. The fraction of sp³-hybridized carbons (Fsp3) is 1.00. The molecule has 1 rings (SSSR count). The molecule has 0 bridgehead atoms. The average molecular weight is 216 g/mol. The van der Waals surface area contributed by atoms with Gasteiger partial charge in [-0.3, -0.25) is 0 Å². The lowest BCUT2D eigenvalue weighted by molar-refractivity contribution is 0.154. The fourth-order valence-corrected chi connectivity index (χ4v) is 1.39. The Labute approximate surface area is 97.6 Å². The van der Waals surface area contributed by atoms with E-state index in [9.17, 15) is 0 Å². The first kappa shape index (κ1) is 17.3. The van der Waals surface area contributed by atoms with Gasteiger partial charge in [0, 0.05) is 26.2 Å². The van der Waals surface area contributed by atoms with Crippen LogP contribution in [0.25, 0.3) is 0 Å². The molecule has 0 aromatic rings. The molecular formula is C13H32N2. The zero-order valence-corrected chi connectivity index (χ0v) is 11.8. The molecule has 0 saturated carbocycles. The third-order valence-corrected chi connectivity index (χ3v) is 2.14. The molecule has 2 heteroatoms. The Morgan fingerprint density at radius 3 is 1.60 bits per heavy atom. The lowest BCUT2D eigenvalue weighted by Crippen LogP contribution is -2.44. The molecule has 0 unspecified atom stereocenters. The van der Waals surface area contributed by atoms with Crippen molar-refractivity contribution in [3.8, 4) is 0 Å². The molecule has 0 aromatic heterocycles. The van der Waals surface area contributed by atoms with E-state index in [0.717, 1.165) is 0 Å². The van der Waals surface area contributed by atoms with Gasteiger partial charge in [-0.25, -0.2) is 0 Å². The standard InChI is InChI=1S/C8H18N2.C3H8.C2H6/c1-3-4-10-7-5-9(2)6-8-10;1-3-2;1-2/h3-8H2,1-2H3;3H2,1-2H3;1-2H3. The number of likely N-dealkylation sites (N-methyl/N-ethyl adjacent to an activating group) is 1. The Morgan fingerprint density at radius 1 is 0.867 bits per heavy atom. The highest BCUT2D eigenvalue weighted by atomic mass is 15.2. The number of rotatable bonds is 2. The molecule has 0 aromatic carbocycles.